The molecule has 182 valence electrons. The first-order valence-corrected chi connectivity index (χ1v) is 12.8. The number of Topliss-reactive ketones (excluding diaryl/α,β-unsaturated/α-hetero) is 1. The molecule has 4 aromatic rings. The minimum Gasteiger partial charge on any atom is -0.507 e. The second-order valence-corrected chi connectivity index (χ2v) is 9.78. The van der Waals surface area contributed by atoms with Gasteiger partial charge in [-0.05, 0) is 73.0 Å². The monoisotopic (exact) mass is 518 g/mol. The number of anilines is 1. The van der Waals surface area contributed by atoms with E-state index in [1.54, 1.807) is 48.5 Å². The van der Waals surface area contributed by atoms with Gasteiger partial charge in [-0.2, -0.15) is 0 Å². The zero-order chi connectivity index (χ0) is 25.4. The average molecular weight is 519 g/mol. The number of aryl methyl sites for hydroxylation is 1. The lowest BCUT2D eigenvalue weighted by Crippen LogP contribution is -2.29. The maximum Gasteiger partial charge on any atom is 0.301 e. The third-order valence-electron chi connectivity index (χ3n) is 6.10. The lowest BCUT2D eigenvalue weighted by atomic mass is 9.95. The molecular formula is C28H23ClN2O4S. The molecule has 1 fully saturated rings. The Hall–Kier alpha value is -3.68. The summed E-state index contributed by atoms with van der Waals surface area (Å²) in [4.78, 5) is 32.8. The number of rotatable bonds is 6. The topological polar surface area (TPSA) is 79.7 Å². The zero-order valence-corrected chi connectivity index (χ0v) is 21.3. The van der Waals surface area contributed by atoms with Crippen LogP contribution in [0.3, 0.4) is 0 Å². The predicted molar refractivity (Wildman–Crippen MR) is 143 cm³/mol. The normalized spacial score (nSPS) is 17.2. The van der Waals surface area contributed by atoms with E-state index in [1.807, 2.05) is 25.1 Å². The molecule has 1 saturated heterocycles. The van der Waals surface area contributed by atoms with Crippen molar-refractivity contribution in [3.8, 4) is 5.75 Å². The molecule has 5 rings (SSSR count). The fraction of sp³-hybridized carbons (Fsp3) is 0.179. The fourth-order valence-corrected chi connectivity index (χ4v) is 5.59. The Bertz CT molecular complexity index is 1510. The van der Waals surface area contributed by atoms with E-state index in [0.717, 1.165) is 22.2 Å². The number of amides is 1. The number of fused-ring (bicyclic) bond motifs is 1. The standard InChI is InChI=1S/C28H23ClN2O4S/c1-3-16-8-13-21-22(14-16)36-28(30-21)31-24(18-6-5-7-19(29)15-18)23(26(33)27(31)34)25(32)17-9-11-20(12-10-17)35-4-2/h5-15,24,32H,3-4H2,1-2H3. The Balaban J connectivity index is 1.68. The molecule has 1 aliphatic heterocycles. The van der Waals surface area contributed by atoms with Crippen LogP contribution in [0.15, 0.2) is 72.3 Å². The Kier molecular flexibility index (Phi) is 6.51. The number of halogens is 1. The van der Waals surface area contributed by atoms with Crippen LogP contribution in [0.5, 0.6) is 5.75 Å². The Morgan fingerprint density at radius 3 is 2.56 bits per heavy atom. The zero-order valence-electron chi connectivity index (χ0n) is 19.7. The van der Waals surface area contributed by atoms with E-state index in [1.165, 1.54) is 16.2 Å². The highest BCUT2D eigenvalue weighted by Crippen LogP contribution is 2.44. The SMILES string of the molecule is CCOc1ccc(C(O)=C2C(=O)C(=O)N(c3nc4ccc(CC)cc4s3)C2c2cccc(Cl)c2)cc1. The minimum atomic E-state index is -0.888. The molecule has 2 heterocycles. The van der Waals surface area contributed by atoms with Gasteiger partial charge < -0.3 is 9.84 Å². The van der Waals surface area contributed by atoms with Crippen LogP contribution in [0.2, 0.25) is 5.02 Å². The van der Waals surface area contributed by atoms with Gasteiger partial charge in [-0.25, -0.2) is 4.98 Å². The molecule has 0 radical (unpaired) electrons. The number of aromatic nitrogens is 1. The molecule has 36 heavy (non-hydrogen) atoms. The predicted octanol–water partition coefficient (Wildman–Crippen LogP) is 6.54. The van der Waals surface area contributed by atoms with Crippen molar-refractivity contribution < 1.29 is 19.4 Å². The van der Waals surface area contributed by atoms with Crippen molar-refractivity contribution in [2.24, 2.45) is 0 Å². The van der Waals surface area contributed by atoms with Gasteiger partial charge in [0, 0.05) is 10.6 Å². The summed E-state index contributed by atoms with van der Waals surface area (Å²) < 4.78 is 6.40. The number of carbonyl (C=O) groups is 2. The number of hydrogen-bond acceptors (Lipinski definition) is 6. The number of benzene rings is 3. The molecule has 1 unspecified atom stereocenters. The van der Waals surface area contributed by atoms with Crippen molar-refractivity contribution in [3.63, 3.8) is 0 Å². The van der Waals surface area contributed by atoms with E-state index < -0.39 is 17.7 Å². The van der Waals surface area contributed by atoms with E-state index in [4.69, 9.17) is 16.3 Å². The Labute approximate surface area is 217 Å². The third kappa shape index (κ3) is 4.25. The summed E-state index contributed by atoms with van der Waals surface area (Å²) in [5.41, 5.74) is 2.88. The van der Waals surface area contributed by atoms with Crippen molar-refractivity contribution in [3.05, 3.63) is 94.0 Å². The molecule has 8 heteroatoms. The number of ketones is 1. The van der Waals surface area contributed by atoms with Crippen LogP contribution in [-0.4, -0.2) is 28.4 Å². The summed E-state index contributed by atoms with van der Waals surface area (Å²) in [5.74, 6) is -1.15. The van der Waals surface area contributed by atoms with Crippen molar-refractivity contribution in [1.29, 1.82) is 0 Å². The number of nitrogens with zero attached hydrogens (tertiary/aromatic N) is 2. The number of hydrogen-bond donors (Lipinski definition) is 1. The van der Waals surface area contributed by atoms with E-state index in [9.17, 15) is 14.7 Å². The maximum absolute atomic E-state index is 13.4. The number of aliphatic hydroxyl groups is 1. The smallest absolute Gasteiger partial charge is 0.301 e. The van der Waals surface area contributed by atoms with E-state index in [-0.39, 0.29) is 11.3 Å². The largest absolute Gasteiger partial charge is 0.507 e. The highest BCUT2D eigenvalue weighted by Gasteiger charge is 2.48. The quantitative estimate of drug-likeness (QED) is 0.178. The van der Waals surface area contributed by atoms with Gasteiger partial charge in [0.15, 0.2) is 5.13 Å². The first-order valence-electron chi connectivity index (χ1n) is 11.6. The molecule has 0 aliphatic carbocycles. The fourth-order valence-electron chi connectivity index (χ4n) is 4.33. The van der Waals surface area contributed by atoms with Crippen LogP contribution >= 0.6 is 22.9 Å². The molecule has 1 aromatic heterocycles. The highest BCUT2D eigenvalue weighted by atomic mass is 35.5. The summed E-state index contributed by atoms with van der Waals surface area (Å²) in [7, 11) is 0. The summed E-state index contributed by atoms with van der Waals surface area (Å²) in [6.07, 6.45) is 0.873. The summed E-state index contributed by atoms with van der Waals surface area (Å²) in [6.45, 7) is 4.46. The molecule has 0 saturated carbocycles. The van der Waals surface area contributed by atoms with Gasteiger partial charge >= 0.3 is 5.91 Å². The van der Waals surface area contributed by atoms with Crippen LogP contribution in [0.1, 0.15) is 36.6 Å². The van der Waals surface area contributed by atoms with Gasteiger partial charge in [0.2, 0.25) is 0 Å². The van der Waals surface area contributed by atoms with Crippen molar-refractivity contribution in [2.75, 3.05) is 11.5 Å². The molecular weight excluding hydrogens is 496 g/mol. The van der Waals surface area contributed by atoms with Gasteiger partial charge in [0.05, 0.1) is 28.4 Å². The molecule has 1 atom stereocenters. The van der Waals surface area contributed by atoms with Crippen molar-refractivity contribution >= 4 is 55.7 Å². The molecule has 1 aliphatic rings. The second-order valence-electron chi connectivity index (χ2n) is 8.33. The molecule has 3 aromatic carbocycles. The Morgan fingerprint density at radius 1 is 1.08 bits per heavy atom. The molecule has 1 N–H and O–H groups in total. The number of thiazole rings is 1. The van der Waals surface area contributed by atoms with Crippen LogP contribution < -0.4 is 9.64 Å². The van der Waals surface area contributed by atoms with Gasteiger partial charge in [-0.3, -0.25) is 14.5 Å². The van der Waals surface area contributed by atoms with Crippen LogP contribution in [0.4, 0.5) is 5.13 Å². The van der Waals surface area contributed by atoms with Crippen LogP contribution in [-0.2, 0) is 16.0 Å². The summed E-state index contributed by atoms with van der Waals surface area (Å²) in [5, 5.41) is 12.1. The van der Waals surface area contributed by atoms with E-state index in [2.05, 4.69) is 11.9 Å². The number of carbonyl (C=O) groups excluding carboxylic acids is 2. The van der Waals surface area contributed by atoms with Gasteiger partial charge in [-0.1, -0.05) is 48.1 Å². The van der Waals surface area contributed by atoms with Gasteiger partial charge in [-0.15, -0.1) is 0 Å². The minimum absolute atomic E-state index is 0.0140. The average Bonchev–Trinajstić information content (AvgIpc) is 3.42. The molecule has 6 nitrogen and oxygen atoms in total. The van der Waals surface area contributed by atoms with E-state index in [0.29, 0.717) is 33.6 Å². The van der Waals surface area contributed by atoms with Crippen LogP contribution in [0, 0.1) is 0 Å². The molecule has 1 amide bonds. The number of aliphatic hydroxyl groups excluding tert-OH is 1. The number of ether oxygens (including phenoxy) is 1. The molecule has 0 spiro atoms. The first kappa shape index (κ1) is 24.0. The molecule has 0 bridgehead atoms. The van der Waals surface area contributed by atoms with Gasteiger partial charge in [0.1, 0.15) is 11.5 Å². The highest BCUT2D eigenvalue weighted by molar-refractivity contribution is 7.22. The van der Waals surface area contributed by atoms with Crippen molar-refractivity contribution in [1.82, 2.24) is 4.98 Å². The van der Waals surface area contributed by atoms with Gasteiger partial charge in [0.25, 0.3) is 5.78 Å². The van der Waals surface area contributed by atoms with E-state index >= 15 is 0 Å². The lowest BCUT2D eigenvalue weighted by molar-refractivity contribution is -0.132. The summed E-state index contributed by atoms with van der Waals surface area (Å²) >= 11 is 7.62. The van der Waals surface area contributed by atoms with Crippen LogP contribution in [0.25, 0.3) is 16.0 Å². The van der Waals surface area contributed by atoms with Crippen molar-refractivity contribution in [2.45, 2.75) is 26.3 Å². The second kappa shape index (κ2) is 9.76. The Morgan fingerprint density at radius 2 is 1.86 bits per heavy atom. The lowest BCUT2D eigenvalue weighted by Gasteiger charge is -2.23. The maximum atomic E-state index is 13.4. The first-order chi connectivity index (χ1) is 17.4. The third-order valence-corrected chi connectivity index (χ3v) is 7.36. The summed E-state index contributed by atoms with van der Waals surface area (Å²) in [6, 6.07) is 18.8.